The highest BCUT2D eigenvalue weighted by atomic mass is 16.5. The molecule has 1 aliphatic heterocycles. The molecule has 0 aromatic heterocycles. The summed E-state index contributed by atoms with van der Waals surface area (Å²) in [5, 5.41) is 0. The third kappa shape index (κ3) is 6.72. The van der Waals surface area contributed by atoms with Gasteiger partial charge in [-0.25, -0.2) is 0 Å². The van der Waals surface area contributed by atoms with Crippen LogP contribution in [0.25, 0.3) is 0 Å². The first-order valence-electron chi connectivity index (χ1n) is 7.78. The summed E-state index contributed by atoms with van der Waals surface area (Å²) in [7, 11) is 0. The maximum atomic E-state index is 5.62. The van der Waals surface area contributed by atoms with Gasteiger partial charge >= 0.3 is 0 Å². The smallest absolute Gasteiger partial charge is 0.0701 e. The van der Waals surface area contributed by atoms with Crippen molar-refractivity contribution in [2.24, 2.45) is 0 Å². The lowest BCUT2D eigenvalue weighted by Gasteiger charge is -2.35. The molecule has 108 valence electrons. The van der Waals surface area contributed by atoms with Crippen molar-refractivity contribution < 1.29 is 9.47 Å². The Morgan fingerprint density at radius 3 is 2.67 bits per heavy atom. The quantitative estimate of drug-likeness (QED) is 0.561. The Morgan fingerprint density at radius 1 is 1.06 bits per heavy atom. The van der Waals surface area contributed by atoms with Crippen LogP contribution in [0.3, 0.4) is 0 Å². The highest BCUT2D eigenvalue weighted by Crippen LogP contribution is 2.20. The average Bonchev–Trinajstić information content (AvgIpc) is 2.41. The Morgan fingerprint density at radius 2 is 1.89 bits per heavy atom. The summed E-state index contributed by atoms with van der Waals surface area (Å²) < 4.78 is 10.9. The van der Waals surface area contributed by atoms with Gasteiger partial charge in [0.25, 0.3) is 0 Å². The summed E-state index contributed by atoms with van der Waals surface area (Å²) in [6, 6.07) is 0.814. The van der Waals surface area contributed by atoms with Crippen molar-refractivity contribution in [3.63, 3.8) is 0 Å². The molecular formula is C15H31NO2. The second kappa shape index (κ2) is 10.8. The Hall–Kier alpha value is -0.120. The largest absolute Gasteiger partial charge is 0.379 e. The van der Waals surface area contributed by atoms with E-state index in [4.69, 9.17) is 9.47 Å². The monoisotopic (exact) mass is 257 g/mol. The summed E-state index contributed by atoms with van der Waals surface area (Å²) in [4.78, 5) is 2.64. The number of unbranched alkanes of at least 4 members (excludes halogenated alkanes) is 1. The second-order valence-electron chi connectivity index (χ2n) is 5.14. The third-order valence-electron chi connectivity index (χ3n) is 3.74. The van der Waals surface area contributed by atoms with E-state index in [2.05, 4.69) is 11.8 Å². The molecule has 1 aliphatic rings. The minimum atomic E-state index is 0.732. The van der Waals surface area contributed by atoms with Gasteiger partial charge in [0.2, 0.25) is 0 Å². The van der Waals surface area contributed by atoms with Crippen molar-refractivity contribution in [2.45, 2.75) is 58.4 Å². The molecule has 0 saturated carbocycles. The molecule has 0 spiro atoms. The SMILES string of the molecule is CCCCC1CCCCN1CCOCCOCC. The van der Waals surface area contributed by atoms with Crippen LogP contribution < -0.4 is 0 Å². The summed E-state index contributed by atoms with van der Waals surface area (Å²) >= 11 is 0. The van der Waals surface area contributed by atoms with E-state index in [0.717, 1.165) is 39.0 Å². The van der Waals surface area contributed by atoms with Crippen LogP contribution in [0, 0.1) is 0 Å². The van der Waals surface area contributed by atoms with E-state index in [1.807, 2.05) is 6.92 Å². The summed E-state index contributed by atoms with van der Waals surface area (Å²) in [5.41, 5.74) is 0. The number of piperidine rings is 1. The fourth-order valence-corrected chi connectivity index (χ4v) is 2.67. The maximum Gasteiger partial charge on any atom is 0.0701 e. The van der Waals surface area contributed by atoms with E-state index in [-0.39, 0.29) is 0 Å². The van der Waals surface area contributed by atoms with Gasteiger partial charge in [-0.2, -0.15) is 0 Å². The predicted octanol–water partition coefficient (Wildman–Crippen LogP) is 3.08. The molecule has 1 rings (SSSR count). The molecular weight excluding hydrogens is 226 g/mol. The first kappa shape index (κ1) is 15.9. The number of hydrogen-bond donors (Lipinski definition) is 0. The lowest BCUT2D eigenvalue weighted by molar-refractivity contribution is 0.0307. The molecule has 3 nitrogen and oxygen atoms in total. The van der Waals surface area contributed by atoms with Crippen molar-refractivity contribution in [3.05, 3.63) is 0 Å². The molecule has 0 amide bonds. The molecule has 1 heterocycles. The molecule has 0 aromatic rings. The van der Waals surface area contributed by atoms with Crippen LogP contribution >= 0.6 is 0 Å². The van der Waals surface area contributed by atoms with Crippen LogP contribution in [0.4, 0.5) is 0 Å². The Balaban J connectivity index is 2.09. The molecule has 1 fully saturated rings. The summed E-state index contributed by atoms with van der Waals surface area (Å²) in [5.74, 6) is 0. The van der Waals surface area contributed by atoms with Crippen molar-refractivity contribution in [3.8, 4) is 0 Å². The Labute approximate surface area is 113 Å². The number of ether oxygens (including phenoxy) is 2. The van der Waals surface area contributed by atoms with Crippen molar-refractivity contribution in [1.29, 1.82) is 0 Å². The summed E-state index contributed by atoms with van der Waals surface area (Å²) in [6.45, 7) is 9.78. The molecule has 0 radical (unpaired) electrons. The molecule has 1 unspecified atom stereocenters. The minimum Gasteiger partial charge on any atom is -0.379 e. The van der Waals surface area contributed by atoms with E-state index in [0.29, 0.717) is 0 Å². The first-order valence-corrected chi connectivity index (χ1v) is 7.78. The highest BCUT2D eigenvalue weighted by Gasteiger charge is 2.21. The van der Waals surface area contributed by atoms with Gasteiger partial charge in [0.1, 0.15) is 0 Å². The van der Waals surface area contributed by atoms with Crippen molar-refractivity contribution >= 4 is 0 Å². The number of nitrogens with zero attached hydrogens (tertiary/aromatic N) is 1. The van der Waals surface area contributed by atoms with Gasteiger partial charge in [-0.1, -0.05) is 26.2 Å². The molecule has 0 aliphatic carbocycles. The molecule has 0 bridgehead atoms. The van der Waals surface area contributed by atoms with Gasteiger partial charge in [0.05, 0.1) is 19.8 Å². The topological polar surface area (TPSA) is 21.7 Å². The zero-order valence-electron chi connectivity index (χ0n) is 12.3. The molecule has 18 heavy (non-hydrogen) atoms. The zero-order valence-corrected chi connectivity index (χ0v) is 12.3. The molecule has 3 heteroatoms. The van der Waals surface area contributed by atoms with E-state index >= 15 is 0 Å². The standard InChI is InChI=1S/C15H31NO2/c1-3-5-8-15-9-6-7-10-16(15)11-12-18-14-13-17-4-2/h15H,3-14H2,1-2H3. The van der Waals surface area contributed by atoms with Crippen LogP contribution in [0.2, 0.25) is 0 Å². The highest BCUT2D eigenvalue weighted by molar-refractivity contribution is 4.76. The third-order valence-corrected chi connectivity index (χ3v) is 3.74. The lowest BCUT2D eigenvalue weighted by Crippen LogP contribution is -2.41. The van der Waals surface area contributed by atoms with Gasteiger partial charge in [0, 0.05) is 19.2 Å². The van der Waals surface area contributed by atoms with E-state index < -0.39 is 0 Å². The molecule has 1 atom stereocenters. The van der Waals surface area contributed by atoms with E-state index in [1.54, 1.807) is 0 Å². The number of hydrogen-bond acceptors (Lipinski definition) is 3. The fourth-order valence-electron chi connectivity index (χ4n) is 2.67. The van der Waals surface area contributed by atoms with E-state index in [9.17, 15) is 0 Å². The van der Waals surface area contributed by atoms with Crippen LogP contribution in [-0.4, -0.2) is 50.5 Å². The van der Waals surface area contributed by atoms with E-state index in [1.165, 1.54) is 45.1 Å². The Kier molecular flexibility index (Phi) is 9.54. The molecule has 1 saturated heterocycles. The first-order chi connectivity index (χ1) is 8.88. The molecule has 0 aromatic carbocycles. The second-order valence-corrected chi connectivity index (χ2v) is 5.14. The van der Waals surface area contributed by atoms with Crippen LogP contribution in [0.5, 0.6) is 0 Å². The van der Waals surface area contributed by atoms with Gasteiger partial charge in [-0.05, 0) is 32.7 Å². The molecule has 0 N–H and O–H groups in total. The maximum absolute atomic E-state index is 5.62. The van der Waals surface area contributed by atoms with Crippen molar-refractivity contribution in [1.82, 2.24) is 4.90 Å². The van der Waals surface area contributed by atoms with Crippen LogP contribution in [0.1, 0.15) is 52.4 Å². The predicted molar refractivity (Wildman–Crippen MR) is 76.0 cm³/mol. The minimum absolute atomic E-state index is 0.732. The lowest BCUT2D eigenvalue weighted by atomic mass is 9.97. The van der Waals surface area contributed by atoms with Gasteiger partial charge in [0.15, 0.2) is 0 Å². The summed E-state index contributed by atoms with van der Waals surface area (Å²) in [6.07, 6.45) is 8.22. The normalized spacial score (nSPS) is 21.3. The average molecular weight is 257 g/mol. The fraction of sp³-hybridized carbons (Fsp3) is 1.00. The van der Waals surface area contributed by atoms with Crippen LogP contribution in [-0.2, 0) is 9.47 Å². The van der Waals surface area contributed by atoms with Gasteiger partial charge in [-0.3, -0.25) is 4.90 Å². The Bertz CT molecular complexity index is 187. The van der Waals surface area contributed by atoms with Gasteiger partial charge in [-0.15, -0.1) is 0 Å². The van der Waals surface area contributed by atoms with Crippen LogP contribution in [0.15, 0.2) is 0 Å². The number of likely N-dealkylation sites (tertiary alicyclic amines) is 1. The van der Waals surface area contributed by atoms with Gasteiger partial charge < -0.3 is 9.47 Å². The van der Waals surface area contributed by atoms with Crippen molar-refractivity contribution in [2.75, 3.05) is 39.5 Å². The number of rotatable bonds is 10. The zero-order chi connectivity index (χ0) is 13.1.